The van der Waals surface area contributed by atoms with Crippen molar-refractivity contribution in [3.8, 4) is 0 Å². The van der Waals surface area contributed by atoms with E-state index in [-0.39, 0.29) is 0 Å². The molecule has 0 bridgehead atoms. The summed E-state index contributed by atoms with van der Waals surface area (Å²) >= 11 is 0. The summed E-state index contributed by atoms with van der Waals surface area (Å²) < 4.78 is 5.46. The standard InChI is InChI=1S/C11H21NO/c1-9(2)3-4-12-5-10-7-13-8-11(10)6-12/h9-11H,3-8H2,1-2H3. The Kier molecular flexibility index (Phi) is 2.89. The van der Waals surface area contributed by atoms with Gasteiger partial charge >= 0.3 is 0 Å². The lowest BCUT2D eigenvalue weighted by Crippen LogP contribution is -2.24. The highest BCUT2D eigenvalue weighted by Gasteiger charge is 2.36. The van der Waals surface area contributed by atoms with Crippen LogP contribution in [0.15, 0.2) is 0 Å². The highest BCUT2D eigenvalue weighted by atomic mass is 16.5. The van der Waals surface area contributed by atoms with E-state index >= 15 is 0 Å². The molecule has 0 aliphatic carbocycles. The Bertz CT molecular complexity index is 157. The normalized spacial score (nSPS) is 34.4. The number of ether oxygens (including phenoxy) is 1. The zero-order valence-electron chi connectivity index (χ0n) is 8.83. The summed E-state index contributed by atoms with van der Waals surface area (Å²) in [5.41, 5.74) is 0. The van der Waals surface area contributed by atoms with Crippen molar-refractivity contribution in [1.29, 1.82) is 0 Å². The van der Waals surface area contributed by atoms with Crippen molar-refractivity contribution in [2.24, 2.45) is 17.8 Å². The fraction of sp³-hybridized carbons (Fsp3) is 1.00. The monoisotopic (exact) mass is 183 g/mol. The number of nitrogens with zero attached hydrogens (tertiary/aromatic N) is 1. The molecule has 2 heterocycles. The van der Waals surface area contributed by atoms with Crippen LogP contribution >= 0.6 is 0 Å². The fourth-order valence-electron chi connectivity index (χ4n) is 2.41. The number of rotatable bonds is 3. The third-order valence-electron chi connectivity index (χ3n) is 3.34. The van der Waals surface area contributed by atoms with Crippen LogP contribution in [-0.2, 0) is 4.74 Å². The molecule has 2 aliphatic rings. The SMILES string of the molecule is CC(C)CCN1CC2COCC2C1. The molecule has 76 valence electrons. The first-order valence-corrected chi connectivity index (χ1v) is 5.56. The Balaban J connectivity index is 1.73. The van der Waals surface area contributed by atoms with E-state index in [0.717, 1.165) is 31.0 Å². The molecule has 0 aromatic rings. The van der Waals surface area contributed by atoms with Crippen molar-refractivity contribution in [2.45, 2.75) is 20.3 Å². The van der Waals surface area contributed by atoms with Gasteiger partial charge in [-0.25, -0.2) is 0 Å². The van der Waals surface area contributed by atoms with Gasteiger partial charge in [0.15, 0.2) is 0 Å². The van der Waals surface area contributed by atoms with Crippen molar-refractivity contribution in [3.63, 3.8) is 0 Å². The lowest BCUT2D eigenvalue weighted by molar-refractivity contribution is 0.153. The largest absolute Gasteiger partial charge is 0.381 e. The first-order chi connectivity index (χ1) is 6.25. The highest BCUT2D eigenvalue weighted by Crippen LogP contribution is 2.29. The molecule has 13 heavy (non-hydrogen) atoms. The number of fused-ring (bicyclic) bond motifs is 1. The van der Waals surface area contributed by atoms with Crippen LogP contribution in [0.25, 0.3) is 0 Å². The predicted octanol–water partition coefficient (Wildman–Crippen LogP) is 1.61. The third-order valence-corrected chi connectivity index (χ3v) is 3.34. The van der Waals surface area contributed by atoms with E-state index < -0.39 is 0 Å². The average molecular weight is 183 g/mol. The first-order valence-electron chi connectivity index (χ1n) is 5.56. The molecule has 0 amide bonds. The quantitative estimate of drug-likeness (QED) is 0.659. The second-order valence-corrected chi connectivity index (χ2v) is 5.00. The van der Waals surface area contributed by atoms with Gasteiger partial charge in [-0.15, -0.1) is 0 Å². The second kappa shape index (κ2) is 3.97. The minimum absolute atomic E-state index is 0.844. The summed E-state index contributed by atoms with van der Waals surface area (Å²) in [5.74, 6) is 2.55. The molecule has 2 fully saturated rings. The molecule has 2 unspecified atom stereocenters. The molecule has 0 N–H and O–H groups in total. The van der Waals surface area contributed by atoms with Gasteiger partial charge in [-0.2, -0.15) is 0 Å². The Morgan fingerprint density at radius 3 is 2.38 bits per heavy atom. The molecule has 2 nitrogen and oxygen atoms in total. The van der Waals surface area contributed by atoms with Gasteiger partial charge in [0.2, 0.25) is 0 Å². The van der Waals surface area contributed by atoms with Gasteiger partial charge in [0, 0.05) is 24.9 Å². The molecule has 2 aliphatic heterocycles. The smallest absolute Gasteiger partial charge is 0.0510 e. The van der Waals surface area contributed by atoms with Gasteiger partial charge in [0.1, 0.15) is 0 Å². The number of hydrogen-bond donors (Lipinski definition) is 0. The molecule has 2 atom stereocenters. The van der Waals surface area contributed by atoms with Crippen LogP contribution in [0.1, 0.15) is 20.3 Å². The summed E-state index contributed by atoms with van der Waals surface area (Å²) in [6.07, 6.45) is 1.35. The van der Waals surface area contributed by atoms with Crippen molar-refractivity contribution < 1.29 is 4.74 Å². The lowest BCUT2D eigenvalue weighted by atomic mass is 10.0. The Labute approximate surface area is 81.3 Å². The molecule has 0 spiro atoms. The molecule has 0 aromatic heterocycles. The Morgan fingerprint density at radius 2 is 1.85 bits per heavy atom. The van der Waals surface area contributed by atoms with Gasteiger partial charge in [0.25, 0.3) is 0 Å². The van der Waals surface area contributed by atoms with Crippen molar-refractivity contribution in [2.75, 3.05) is 32.8 Å². The molecule has 2 heteroatoms. The van der Waals surface area contributed by atoms with E-state index in [1.165, 1.54) is 26.1 Å². The van der Waals surface area contributed by atoms with Gasteiger partial charge < -0.3 is 9.64 Å². The third kappa shape index (κ3) is 2.23. The van der Waals surface area contributed by atoms with Crippen LogP contribution in [-0.4, -0.2) is 37.7 Å². The molecular weight excluding hydrogens is 162 g/mol. The van der Waals surface area contributed by atoms with Crippen LogP contribution in [0.2, 0.25) is 0 Å². The van der Waals surface area contributed by atoms with Crippen molar-refractivity contribution in [1.82, 2.24) is 4.90 Å². The number of hydrogen-bond acceptors (Lipinski definition) is 2. The number of likely N-dealkylation sites (tertiary alicyclic amines) is 1. The zero-order valence-corrected chi connectivity index (χ0v) is 8.83. The zero-order chi connectivity index (χ0) is 9.26. The van der Waals surface area contributed by atoms with E-state index in [9.17, 15) is 0 Å². The van der Waals surface area contributed by atoms with E-state index in [2.05, 4.69) is 18.7 Å². The van der Waals surface area contributed by atoms with Gasteiger partial charge in [-0.1, -0.05) is 13.8 Å². The summed E-state index contributed by atoms with van der Waals surface area (Å²) in [5, 5.41) is 0. The maximum Gasteiger partial charge on any atom is 0.0510 e. The fourth-order valence-corrected chi connectivity index (χ4v) is 2.41. The van der Waals surface area contributed by atoms with Crippen LogP contribution in [0, 0.1) is 17.8 Å². The highest BCUT2D eigenvalue weighted by molar-refractivity contribution is 4.87. The minimum Gasteiger partial charge on any atom is -0.381 e. The minimum atomic E-state index is 0.844. The summed E-state index contributed by atoms with van der Waals surface area (Å²) in [6, 6.07) is 0. The maximum absolute atomic E-state index is 5.46. The van der Waals surface area contributed by atoms with E-state index in [0.29, 0.717) is 0 Å². The first kappa shape index (κ1) is 9.47. The van der Waals surface area contributed by atoms with E-state index in [1.807, 2.05) is 0 Å². The molecular formula is C11H21NO. The second-order valence-electron chi connectivity index (χ2n) is 5.00. The summed E-state index contributed by atoms with van der Waals surface area (Å²) in [4.78, 5) is 2.62. The average Bonchev–Trinajstić information content (AvgIpc) is 2.58. The van der Waals surface area contributed by atoms with Crippen molar-refractivity contribution >= 4 is 0 Å². The molecule has 0 saturated carbocycles. The molecule has 0 aromatic carbocycles. The van der Waals surface area contributed by atoms with E-state index in [1.54, 1.807) is 0 Å². The molecule has 0 radical (unpaired) electrons. The van der Waals surface area contributed by atoms with Crippen LogP contribution in [0.5, 0.6) is 0 Å². The van der Waals surface area contributed by atoms with Gasteiger partial charge in [-0.3, -0.25) is 0 Å². The topological polar surface area (TPSA) is 12.5 Å². The van der Waals surface area contributed by atoms with Crippen LogP contribution in [0.4, 0.5) is 0 Å². The summed E-state index contributed by atoms with van der Waals surface area (Å²) in [7, 11) is 0. The van der Waals surface area contributed by atoms with E-state index in [4.69, 9.17) is 4.74 Å². The van der Waals surface area contributed by atoms with Gasteiger partial charge in [0.05, 0.1) is 13.2 Å². The Hall–Kier alpha value is -0.0800. The molecule has 2 saturated heterocycles. The summed E-state index contributed by atoms with van der Waals surface area (Å²) in [6.45, 7) is 10.5. The maximum atomic E-state index is 5.46. The van der Waals surface area contributed by atoms with Crippen LogP contribution in [0.3, 0.4) is 0 Å². The Morgan fingerprint density at radius 1 is 1.23 bits per heavy atom. The van der Waals surface area contributed by atoms with Crippen molar-refractivity contribution in [3.05, 3.63) is 0 Å². The predicted molar refractivity (Wildman–Crippen MR) is 53.7 cm³/mol. The molecule has 2 rings (SSSR count). The van der Waals surface area contributed by atoms with Gasteiger partial charge in [-0.05, 0) is 18.9 Å². The lowest BCUT2D eigenvalue weighted by Gasteiger charge is -2.17. The van der Waals surface area contributed by atoms with Crippen LogP contribution < -0.4 is 0 Å².